The average molecular weight is 292 g/mol. The molecule has 1 heterocycles. The lowest BCUT2D eigenvalue weighted by atomic mass is 10.2. The zero-order valence-corrected chi connectivity index (χ0v) is 13.1. The van der Waals surface area contributed by atoms with Gasteiger partial charge in [-0.3, -0.25) is 0 Å². The Kier molecular flexibility index (Phi) is 4.98. The minimum atomic E-state index is 0.502. The largest absolute Gasteiger partial charge is 0.497 e. The van der Waals surface area contributed by atoms with E-state index in [1.807, 2.05) is 32.2 Å². The number of ether oxygens (including phenoxy) is 2. The first-order chi connectivity index (χ1) is 9.63. The molecule has 20 heavy (non-hydrogen) atoms. The van der Waals surface area contributed by atoms with Gasteiger partial charge < -0.3 is 14.8 Å². The van der Waals surface area contributed by atoms with Crippen LogP contribution in [-0.2, 0) is 13.2 Å². The second kappa shape index (κ2) is 6.72. The number of benzene rings is 1. The third-order valence-corrected chi connectivity index (χ3v) is 4.11. The second-order valence-electron chi connectivity index (χ2n) is 4.54. The Labute approximate surface area is 123 Å². The van der Waals surface area contributed by atoms with Gasteiger partial charge >= 0.3 is 0 Å². The van der Waals surface area contributed by atoms with E-state index in [2.05, 4.69) is 17.2 Å². The maximum absolute atomic E-state index is 5.90. The lowest BCUT2D eigenvalue weighted by molar-refractivity contribution is 0.300. The van der Waals surface area contributed by atoms with Crippen molar-refractivity contribution in [2.24, 2.45) is 0 Å². The molecular formula is C15H20N2O2S. The Balaban J connectivity index is 2.11. The number of hydrogen-bond donors (Lipinski definition) is 1. The standard InChI is InChI=1S/C15H20N2O2S/c1-10-11(2)20-15(17-10)9-19-14-6-5-13(18-4)7-12(14)8-16-3/h5-7,16H,8-9H2,1-4H3. The zero-order valence-electron chi connectivity index (χ0n) is 12.3. The molecule has 0 amide bonds. The summed E-state index contributed by atoms with van der Waals surface area (Å²) in [6.45, 7) is 5.34. The Morgan fingerprint density at radius 2 is 2.10 bits per heavy atom. The van der Waals surface area contributed by atoms with E-state index in [0.29, 0.717) is 6.61 Å². The Morgan fingerprint density at radius 1 is 1.30 bits per heavy atom. The van der Waals surface area contributed by atoms with Gasteiger partial charge in [0, 0.05) is 17.0 Å². The summed E-state index contributed by atoms with van der Waals surface area (Å²) in [4.78, 5) is 5.73. The van der Waals surface area contributed by atoms with Gasteiger partial charge in [0.1, 0.15) is 23.1 Å². The van der Waals surface area contributed by atoms with Crippen LogP contribution >= 0.6 is 11.3 Å². The highest BCUT2D eigenvalue weighted by Crippen LogP contribution is 2.26. The van der Waals surface area contributed by atoms with Crippen molar-refractivity contribution in [3.8, 4) is 11.5 Å². The Bertz CT molecular complexity index is 562. The molecule has 0 unspecified atom stereocenters. The first kappa shape index (κ1) is 14.8. The lowest BCUT2D eigenvalue weighted by Crippen LogP contribution is -2.08. The summed E-state index contributed by atoms with van der Waals surface area (Å²) in [6.07, 6.45) is 0. The minimum Gasteiger partial charge on any atom is -0.497 e. The molecule has 0 spiro atoms. The van der Waals surface area contributed by atoms with Crippen molar-refractivity contribution >= 4 is 11.3 Å². The molecule has 0 saturated heterocycles. The maximum Gasteiger partial charge on any atom is 0.140 e. The van der Waals surface area contributed by atoms with Crippen molar-refractivity contribution in [3.05, 3.63) is 39.3 Å². The Morgan fingerprint density at radius 3 is 2.70 bits per heavy atom. The third-order valence-electron chi connectivity index (χ3n) is 3.06. The van der Waals surface area contributed by atoms with Gasteiger partial charge in [-0.25, -0.2) is 4.98 Å². The van der Waals surface area contributed by atoms with E-state index in [0.717, 1.165) is 34.3 Å². The molecule has 4 nitrogen and oxygen atoms in total. The fraction of sp³-hybridized carbons (Fsp3) is 0.400. The van der Waals surface area contributed by atoms with Gasteiger partial charge in [0.25, 0.3) is 0 Å². The number of aromatic nitrogens is 1. The van der Waals surface area contributed by atoms with Gasteiger partial charge in [0.05, 0.1) is 12.8 Å². The van der Waals surface area contributed by atoms with Crippen molar-refractivity contribution in [2.75, 3.05) is 14.2 Å². The van der Waals surface area contributed by atoms with Crippen LogP contribution in [0.2, 0.25) is 0 Å². The van der Waals surface area contributed by atoms with Gasteiger partial charge in [-0.05, 0) is 39.1 Å². The molecule has 2 rings (SSSR count). The molecule has 0 atom stereocenters. The summed E-state index contributed by atoms with van der Waals surface area (Å²) in [5, 5.41) is 4.14. The molecule has 0 saturated carbocycles. The molecule has 0 aliphatic heterocycles. The van der Waals surface area contributed by atoms with Gasteiger partial charge in [-0.1, -0.05) is 0 Å². The van der Waals surface area contributed by atoms with Crippen molar-refractivity contribution < 1.29 is 9.47 Å². The van der Waals surface area contributed by atoms with Gasteiger partial charge in [-0.15, -0.1) is 11.3 Å². The minimum absolute atomic E-state index is 0.502. The summed E-state index contributed by atoms with van der Waals surface area (Å²) in [5.74, 6) is 1.70. The second-order valence-corrected chi connectivity index (χ2v) is 5.83. The van der Waals surface area contributed by atoms with Crippen LogP contribution in [-0.4, -0.2) is 19.1 Å². The molecule has 108 valence electrons. The van der Waals surface area contributed by atoms with Crippen LogP contribution in [0.3, 0.4) is 0 Å². The average Bonchev–Trinajstić information content (AvgIpc) is 2.76. The van der Waals surface area contributed by atoms with E-state index in [1.54, 1.807) is 18.4 Å². The van der Waals surface area contributed by atoms with Crippen LogP contribution in [0.15, 0.2) is 18.2 Å². The van der Waals surface area contributed by atoms with Gasteiger partial charge in [-0.2, -0.15) is 0 Å². The highest BCUT2D eigenvalue weighted by Gasteiger charge is 2.08. The molecule has 0 fully saturated rings. The first-order valence-electron chi connectivity index (χ1n) is 6.51. The smallest absolute Gasteiger partial charge is 0.140 e. The molecule has 0 aliphatic carbocycles. The van der Waals surface area contributed by atoms with Crippen LogP contribution in [0.5, 0.6) is 11.5 Å². The molecule has 1 N–H and O–H groups in total. The fourth-order valence-corrected chi connectivity index (χ4v) is 2.74. The molecule has 5 heteroatoms. The van der Waals surface area contributed by atoms with E-state index in [9.17, 15) is 0 Å². The first-order valence-corrected chi connectivity index (χ1v) is 7.33. The summed E-state index contributed by atoms with van der Waals surface area (Å²) in [6, 6.07) is 5.84. The molecule has 2 aromatic rings. The van der Waals surface area contributed by atoms with E-state index in [4.69, 9.17) is 9.47 Å². The highest BCUT2D eigenvalue weighted by atomic mass is 32.1. The third kappa shape index (κ3) is 3.49. The number of thiazole rings is 1. The molecular weight excluding hydrogens is 272 g/mol. The monoisotopic (exact) mass is 292 g/mol. The van der Waals surface area contributed by atoms with Crippen molar-refractivity contribution in [3.63, 3.8) is 0 Å². The molecule has 0 bridgehead atoms. The number of hydrogen-bond acceptors (Lipinski definition) is 5. The molecule has 1 aromatic heterocycles. The number of methoxy groups -OCH3 is 1. The van der Waals surface area contributed by atoms with Crippen molar-refractivity contribution in [1.82, 2.24) is 10.3 Å². The quantitative estimate of drug-likeness (QED) is 0.888. The predicted octanol–water partition coefficient (Wildman–Crippen LogP) is 3.07. The van der Waals surface area contributed by atoms with Crippen molar-refractivity contribution in [1.29, 1.82) is 0 Å². The predicted molar refractivity (Wildman–Crippen MR) is 81.7 cm³/mol. The highest BCUT2D eigenvalue weighted by molar-refractivity contribution is 7.11. The van der Waals surface area contributed by atoms with Gasteiger partial charge in [0.2, 0.25) is 0 Å². The molecule has 0 radical (unpaired) electrons. The summed E-state index contributed by atoms with van der Waals surface area (Å²) in [5.41, 5.74) is 2.16. The number of aryl methyl sites for hydroxylation is 2. The van der Waals surface area contributed by atoms with Crippen LogP contribution in [0.1, 0.15) is 21.1 Å². The number of nitrogens with one attached hydrogen (secondary N) is 1. The van der Waals surface area contributed by atoms with E-state index in [-0.39, 0.29) is 0 Å². The van der Waals surface area contributed by atoms with E-state index < -0.39 is 0 Å². The fourth-order valence-electron chi connectivity index (χ4n) is 1.89. The van der Waals surface area contributed by atoms with Crippen LogP contribution in [0.25, 0.3) is 0 Å². The SMILES string of the molecule is CNCc1cc(OC)ccc1OCc1nc(C)c(C)s1. The summed E-state index contributed by atoms with van der Waals surface area (Å²) >= 11 is 1.68. The normalized spacial score (nSPS) is 10.6. The van der Waals surface area contributed by atoms with Crippen LogP contribution in [0.4, 0.5) is 0 Å². The topological polar surface area (TPSA) is 43.4 Å². The van der Waals surface area contributed by atoms with E-state index in [1.165, 1.54) is 4.88 Å². The van der Waals surface area contributed by atoms with Crippen molar-refractivity contribution in [2.45, 2.75) is 27.0 Å². The zero-order chi connectivity index (χ0) is 14.5. The Hall–Kier alpha value is -1.59. The lowest BCUT2D eigenvalue weighted by Gasteiger charge is -2.12. The summed E-state index contributed by atoms with van der Waals surface area (Å²) < 4.78 is 11.1. The van der Waals surface area contributed by atoms with Crippen LogP contribution in [0, 0.1) is 13.8 Å². The molecule has 0 aliphatic rings. The maximum atomic E-state index is 5.90. The van der Waals surface area contributed by atoms with Crippen LogP contribution < -0.4 is 14.8 Å². The number of nitrogens with zero attached hydrogens (tertiary/aromatic N) is 1. The number of rotatable bonds is 6. The van der Waals surface area contributed by atoms with E-state index >= 15 is 0 Å². The van der Waals surface area contributed by atoms with Gasteiger partial charge in [0.15, 0.2) is 0 Å². The molecule has 1 aromatic carbocycles. The summed E-state index contributed by atoms with van der Waals surface area (Å²) in [7, 11) is 3.58.